The molecule has 0 spiro atoms. The summed E-state index contributed by atoms with van der Waals surface area (Å²) in [4.78, 5) is 26.8. The minimum absolute atomic E-state index is 0.0582. The highest BCUT2D eigenvalue weighted by atomic mass is 32.1. The molecule has 0 saturated heterocycles. The number of benzene rings is 2. The van der Waals surface area contributed by atoms with E-state index in [1.165, 1.54) is 4.90 Å². The lowest BCUT2D eigenvalue weighted by molar-refractivity contribution is 0.0697. The van der Waals surface area contributed by atoms with Crippen molar-refractivity contribution in [2.45, 2.75) is 6.92 Å². The first-order chi connectivity index (χ1) is 12.0. The third-order valence-corrected chi connectivity index (χ3v) is 5.11. The number of anilines is 1. The van der Waals surface area contributed by atoms with E-state index < -0.39 is 5.97 Å². The Balaban J connectivity index is 2.00. The summed E-state index contributed by atoms with van der Waals surface area (Å²) in [6, 6.07) is 18.6. The van der Waals surface area contributed by atoms with Crippen LogP contribution in [0.4, 0.5) is 5.69 Å². The number of carbonyl (C=O) groups is 2. The van der Waals surface area contributed by atoms with Crippen molar-refractivity contribution >= 4 is 28.9 Å². The number of aryl methyl sites for hydroxylation is 1. The summed E-state index contributed by atoms with van der Waals surface area (Å²) in [6.07, 6.45) is 0. The molecule has 1 heterocycles. The highest BCUT2D eigenvalue weighted by Crippen LogP contribution is 2.32. The van der Waals surface area contributed by atoms with E-state index in [1.54, 1.807) is 13.1 Å². The number of hydrogen-bond donors (Lipinski definition) is 1. The van der Waals surface area contributed by atoms with E-state index in [4.69, 9.17) is 0 Å². The molecule has 4 nitrogen and oxygen atoms in total. The van der Waals surface area contributed by atoms with Crippen molar-refractivity contribution in [3.63, 3.8) is 0 Å². The van der Waals surface area contributed by atoms with Crippen LogP contribution in [-0.4, -0.2) is 24.0 Å². The molecule has 25 heavy (non-hydrogen) atoms. The number of thiophene rings is 1. The zero-order valence-corrected chi connectivity index (χ0v) is 14.7. The van der Waals surface area contributed by atoms with Gasteiger partial charge >= 0.3 is 5.97 Å². The first kappa shape index (κ1) is 16.9. The zero-order valence-electron chi connectivity index (χ0n) is 13.9. The molecule has 0 unspecified atom stereocenters. The van der Waals surface area contributed by atoms with Gasteiger partial charge in [-0.15, -0.1) is 11.3 Å². The summed E-state index contributed by atoms with van der Waals surface area (Å²) in [5, 5.41) is 9.50. The van der Waals surface area contributed by atoms with Gasteiger partial charge in [-0.05, 0) is 30.7 Å². The molecule has 1 N–H and O–H groups in total. The van der Waals surface area contributed by atoms with Crippen LogP contribution in [0, 0.1) is 6.92 Å². The van der Waals surface area contributed by atoms with Crippen molar-refractivity contribution in [2.24, 2.45) is 0 Å². The van der Waals surface area contributed by atoms with Crippen molar-refractivity contribution in [1.82, 2.24) is 0 Å². The summed E-state index contributed by atoms with van der Waals surface area (Å²) in [5.74, 6) is -1.42. The zero-order chi connectivity index (χ0) is 18.0. The van der Waals surface area contributed by atoms with Crippen LogP contribution in [0.25, 0.3) is 10.4 Å². The highest BCUT2D eigenvalue weighted by Gasteiger charge is 2.24. The molecule has 0 aliphatic rings. The molecule has 1 amide bonds. The van der Waals surface area contributed by atoms with Crippen LogP contribution in [0.1, 0.15) is 25.6 Å². The van der Waals surface area contributed by atoms with E-state index >= 15 is 0 Å². The van der Waals surface area contributed by atoms with Crippen LogP contribution in [0.2, 0.25) is 0 Å². The predicted octanol–water partition coefficient (Wildman–Crippen LogP) is 4.70. The minimum Gasteiger partial charge on any atom is -0.477 e. The van der Waals surface area contributed by atoms with Gasteiger partial charge in [-0.3, -0.25) is 4.79 Å². The molecule has 5 heteroatoms. The van der Waals surface area contributed by atoms with Crippen LogP contribution in [0.3, 0.4) is 0 Å². The molecular formula is C20H17NO3S. The largest absolute Gasteiger partial charge is 0.477 e. The third-order valence-electron chi connectivity index (χ3n) is 3.94. The van der Waals surface area contributed by atoms with Gasteiger partial charge in [0.2, 0.25) is 0 Å². The van der Waals surface area contributed by atoms with Gasteiger partial charge in [0.1, 0.15) is 4.88 Å². The Bertz CT molecular complexity index is 914. The number of hydrogen-bond acceptors (Lipinski definition) is 3. The fourth-order valence-electron chi connectivity index (χ4n) is 2.52. The van der Waals surface area contributed by atoms with Crippen LogP contribution in [-0.2, 0) is 0 Å². The summed E-state index contributed by atoms with van der Waals surface area (Å²) < 4.78 is 0. The molecule has 3 rings (SSSR count). The van der Waals surface area contributed by atoms with Crippen molar-refractivity contribution in [3.8, 4) is 10.4 Å². The van der Waals surface area contributed by atoms with E-state index in [0.717, 1.165) is 33.0 Å². The van der Waals surface area contributed by atoms with E-state index in [0.29, 0.717) is 0 Å². The maximum Gasteiger partial charge on any atom is 0.346 e. The second-order valence-electron chi connectivity index (χ2n) is 5.72. The number of carbonyl (C=O) groups excluding carboxylic acids is 1. The molecule has 3 aromatic rings. The van der Waals surface area contributed by atoms with Gasteiger partial charge in [-0.2, -0.15) is 0 Å². The lowest BCUT2D eigenvalue weighted by Crippen LogP contribution is -2.27. The first-order valence-electron chi connectivity index (χ1n) is 7.74. The summed E-state index contributed by atoms with van der Waals surface area (Å²) in [6.45, 7) is 1.97. The second kappa shape index (κ2) is 6.91. The smallest absolute Gasteiger partial charge is 0.346 e. The van der Waals surface area contributed by atoms with Gasteiger partial charge in [0, 0.05) is 17.6 Å². The maximum atomic E-state index is 12.9. The Morgan fingerprint density at radius 3 is 2.24 bits per heavy atom. The average Bonchev–Trinajstić information content (AvgIpc) is 3.07. The van der Waals surface area contributed by atoms with Gasteiger partial charge in [0.05, 0.1) is 5.56 Å². The number of carboxylic acids is 1. The standard InChI is InChI=1S/C20H17NO3S/c1-13-8-10-15(11-9-13)21(2)19(22)16-12-17(25-18(16)20(23)24)14-6-4-3-5-7-14/h3-12H,1-2H3,(H,23,24). The fourth-order valence-corrected chi connectivity index (χ4v) is 3.51. The predicted molar refractivity (Wildman–Crippen MR) is 101 cm³/mol. The maximum absolute atomic E-state index is 12.9. The number of amides is 1. The number of aromatic carboxylic acids is 1. The minimum atomic E-state index is -1.09. The van der Waals surface area contributed by atoms with Gasteiger partial charge in [-0.25, -0.2) is 4.79 Å². The molecule has 0 saturated carbocycles. The van der Waals surface area contributed by atoms with E-state index in [-0.39, 0.29) is 16.3 Å². The fraction of sp³-hybridized carbons (Fsp3) is 0.100. The lowest BCUT2D eigenvalue weighted by Gasteiger charge is -2.17. The second-order valence-corrected chi connectivity index (χ2v) is 6.78. The van der Waals surface area contributed by atoms with Gasteiger partial charge in [0.25, 0.3) is 5.91 Å². The molecule has 0 aliphatic heterocycles. The summed E-state index contributed by atoms with van der Waals surface area (Å²) in [5.41, 5.74) is 2.92. The first-order valence-corrected chi connectivity index (χ1v) is 8.56. The highest BCUT2D eigenvalue weighted by molar-refractivity contribution is 7.17. The van der Waals surface area contributed by atoms with E-state index in [1.807, 2.05) is 61.5 Å². The molecule has 0 aliphatic carbocycles. The quantitative estimate of drug-likeness (QED) is 0.741. The van der Waals surface area contributed by atoms with Crippen molar-refractivity contribution in [2.75, 3.05) is 11.9 Å². The number of rotatable bonds is 4. The van der Waals surface area contributed by atoms with E-state index in [2.05, 4.69) is 0 Å². The molecule has 0 fully saturated rings. The van der Waals surface area contributed by atoms with Crippen molar-refractivity contribution < 1.29 is 14.7 Å². The number of carboxylic acid groups (broad SMARTS) is 1. The molecular weight excluding hydrogens is 334 g/mol. The van der Waals surface area contributed by atoms with Crippen molar-refractivity contribution in [3.05, 3.63) is 76.7 Å². The summed E-state index contributed by atoms with van der Waals surface area (Å²) in [7, 11) is 1.65. The van der Waals surface area contributed by atoms with Crippen LogP contribution in [0.15, 0.2) is 60.7 Å². The summed E-state index contributed by atoms with van der Waals surface area (Å²) >= 11 is 1.12. The van der Waals surface area contributed by atoms with Crippen LogP contribution >= 0.6 is 11.3 Å². The van der Waals surface area contributed by atoms with Gasteiger partial charge < -0.3 is 10.0 Å². The normalized spacial score (nSPS) is 10.5. The average molecular weight is 351 g/mol. The molecule has 126 valence electrons. The Morgan fingerprint density at radius 1 is 1.00 bits per heavy atom. The SMILES string of the molecule is Cc1ccc(N(C)C(=O)c2cc(-c3ccccc3)sc2C(=O)O)cc1. The Kier molecular flexibility index (Phi) is 4.67. The van der Waals surface area contributed by atoms with Crippen LogP contribution in [0.5, 0.6) is 0 Å². The molecule has 0 atom stereocenters. The molecule has 1 aromatic heterocycles. The van der Waals surface area contributed by atoms with Crippen molar-refractivity contribution in [1.29, 1.82) is 0 Å². The van der Waals surface area contributed by atoms with Gasteiger partial charge in [-0.1, -0.05) is 48.0 Å². The van der Waals surface area contributed by atoms with Gasteiger partial charge in [0.15, 0.2) is 0 Å². The lowest BCUT2D eigenvalue weighted by atomic mass is 10.1. The molecule has 0 bridgehead atoms. The Morgan fingerprint density at radius 2 is 1.64 bits per heavy atom. The molecule has 2 aromatic carbocycles. The third kappa shape index (κ3) is 3.46. The molecule has 0 radical (unpaired) electrons. The Hall–Kier alpha value is -2.92. The van der Waals surface area contributed by atoms with Crippen LogP contribution < -0.4 is 4.90 Å². The van der Waals surface area contributed by atoms with E-state index in [9.17, 15) is 14.7 Å². The number of nitrogens with zero attached hydrogens (tertiary/aromatic N) is 1. The monoisotopic (exact) mass is 351 g/mol. The Labute approximate surface area is 150 Å². The topological polar surface area (TPSA) is 57.6 Å².